The van der Waals surface area contributed by atoms with Gasteiger partial charge in [-0.3, -0.25) is 4.79 Å². The lowest BCUT2D eigenvalue weighted by atomic mass is 9.96. The summed E-state index contributed by atoms with van der Waals surface area (Å²) in [4.78, 5) is 14.2. The van der Waals surface area contributed by atoms with Gasteiger partial charge in [0.05, 0.1) is 5.56 Å². The highest BCUT2D eigenvalue weighted by Crippen LogP contribution is 2.36. The number of likely N-dealkylation sites (tertiary alicyclic amines) is 1. The number of rotatable bonds is 6. The number of ether oxygens (including phenoxy) is 1. The Bertz CT molecular complexity index is 576. The number of carbonyl (C=O) groups excluding carboxylic acids is 1. The molecule has 1 heterocycles. The van der Waals surface area contributed by atoms with Crippen LogP contribution in [-0.4, -0.2) is 43.1 Å². The van der Waals surface area contributed by atoms with Gasteiger partial charge in [-0.1, -0.05) is 19.1 Å². The average molecular weight is 395 g/mol. The molecule has 1 aromatic rings. The summed E-state index contributed by atoms with van der Waals surface area (Å²) in [5.74, 6) is -0.0389. The van der Waals surface area contributed by atoms with Crippen LogP contribution in [0.5, 0.6) is 5.75 Å². The molecule has 0 aliphatic carbocycles. The van der Waals surface area contributed by atoms with E-state index in [1.54, 1.807) is 4.90 Å². The molecule has 0 bridgehead atoms. The van der Waals surface area contributed by atoms with Crippen LogP contribution in [0.25, 0.3) is 0 Å². The van der Waals surface area contributed by atoms with Crippen LogP contribution in [0.2, 0.25) is 0 Å². The Balaban J connectivity index is 0.00000338. The molecule has 8 heteroatoms. The maximum absolute atomic E-state index is 13.0. The lowest BCUT2D eigenvalue weighted by Gasteiger charge is -2.33. The Morgan fingerprint density at radius 1 is 1.31 bits per heavy atom. The molecule has 0 saturated carbocycles. The number of alkyl halides is 3. The lowest BCUT2D eigenvalue weighted by molar-refractivity contribution is -0.144. The van der Waals surface area contributed by atoms with Crippen molar-refractivity contribution in [2.24, 2.45) is 5.92 Å². The minimum Gasteiger partial charge on any atom is -0.480 e. The average Bonchev–Trinajstić information content (AvgIpc) is 2.59. The Hall–Kier alpha value is -1.47. The number of nitrogens with one attached hydrogen (secondary N) is 1. The van der Waals surface area contributed by atoms with Crippen molar-refractivity contribution in [1.82, 2.24) is 10.2 Å². The molecule has 1 aliphatic heterocycles. The number of carbonyl (C=O) groups is 1. The second-order valence-corrected chi connectivity index (χ2v) is 6.33. The predicted octanol–water partition coefficient (Wildman–Crippen LogP) is 3.74. The molecule has 1 aromatic carbocycles. The molecule has 1 atom stereocenters. The van der Waals surface area contributed by atoms with Gasteiger partial charge in [0, 0.05) is 13.1 Å². The largest absolute Gasteiger partial charge is 0.480 e. The van der Waals surface area contributed by atoms with Gasteiger partial charge in [-0.05, 0) is 50.9 Å². The molecule has 1 N–H and O–H groups in total. The summed E-state index contributed by atoms with van der Waals surface area (Å²) in [5.41, 5.74) is -0.862. The number of para-hydroxylation sites is 1. The first-order valence-electron chi connectivity index (χ1n) is 8.65. The van der Waals surface area contributed by atoms with Gasteiger partial charge >= 0.3 is 6.18 Å². The molecule has 148 valence electrons. The number of hydrogen-bond donors (Lipinski definition) is 1. The van der Waals surface area contributed by atoms with Gasteiger partial charge in [0.15, 0.2) is 6.10 Å². The van der Waals surface area contributed by atoms with Gasteiger partial charge in [0.1, 0.15) is 5.75 Å². The van der Waals surface area contributed by atoms with Gasteiger partial charge in [-0.2, -0.15) is 13.2 Å². The van der Waals surface area contributed by atoms with E-state index in [1.165, 1.54) is 25.1 Å². The van der Waals surface area contributed by atoms with Crippen LogP contribution in [-0.2, 0) is 11.0 Å². The SMILES string of the molecule is CCNCC1CCN(C(=O)C(C)Oc2ccccc2C(F)(F)F)CC1.Cl. The Kier molecular flexibility index (Phi) is 8.70. The van der Waals surface area contributed by atoms with Crippen molar-refractivity contribution in [3.8, 4) is 5.75 Å². The third-order valence-corrected chi connectivity index (χ3v) is 4.45. The van der Waals surface area contributed by atoms with E-state index in [4.69, 9.17) is 4.74 Å². The lowest BCUT2D eigenvalue weighted by Crippen LogP contribution is -2.46. The minimum absolute atomic E-state index is 0. The molecule has 1 fully saturated rings. The van der Waals surface area contributed by atoms with Gasteiger partial charge in [0.25, 0.3) is 5.91 Å². The quantitative estimate of drug-likeness (QED) is 0.799. The third-order valence-electron chi connectivity index (χ3n) is 4.45. The third kappa shape index (κ3) is 6.06. The molecule has 1 amide bonds. The van der Waals surface area contributed by atoms with Crippen molar-refractivity contribution >= 4 is 18.3 Å². The molecular formula is C18H26ClF3N2O2. The highest BCUT2D eigenvalue weighted by Gasteiger charge is 2.35. The first-order valence-corrected chi connectivity index (χ1v) is 8.65. The fourth-order valence-corrected chi connectivity index (χ4v) is 3.01. The van der Waals surface area contributed by atoms with E-state index in [9.17, 15) is 18.0 Å². The molecule has 4 nitrogen and oxygen atoms in total. The van der Waals surface area contributed by atoms with Crippen molar-refractivity contribution in [3.63, 3.8) is 0 Å². The number of halogens is 4. The molecule has 1 aliphatic rings. The topological polar surface area (TPSA) is 41.6 Å². The zero-order valence-electron chi connectivity index (χ0n) is 15.0. The van der Waals surface area contributed by atoms with E-state index in [0.717, 1.165) is 32.0 Å². The number of nitrogens with zero attached hydrogens (tertiary/aromatic N) is 1. The second-order valence-electron chi connectivity index (χ2n) is 6.33. The van der Waals surface area contributed by atoms with Crippen molar-refractivity contribution in [3.05, 3.63) is 29.8 Å². The van der Waals surface area contributed by atoms with E-state index in [0.29, 0.717) is 19.0 Å². The van der Waals surface area contributed by atoms with Crippen molar-refractivity contribution in [1.29, 1.82) is 0 Å². The number of amides is 1. The summed E-state index contributed by atoms with van der Waals surface area (Å²) >= 11 is 0. The first kappa shape index (κ1) is 22.6. The molecule has 0 aromatic heterocycles. The molecule has 2 rings (SSSR count). The zero-order valence-corrected chi connectivity index (χ0v) is 15.8. The standard InChI is InChI=1S/C18H25F3N2O2.ClH/c1-3-22-12-14-8-10-23(11-9-14)17(24)13(2)25-16-7-5-4-6-15(16)18(19,20)21;/h4-7,13-14,22H,3,8-12H2,1-2H3;1H. The van der Waals surface area contributed by atoms with Crippen LogP contribution in [0.1, 0.15) is 32.3 Å². The van der Waals surface area contributed by atoms with Crippen LogP contribution in [0.15, 0.2) is 24.3 Å². The van der Waals surface area contributed by atoms with Crippen molar-refractivity contribution in [2.75, 3.05) is 26.2 Å². The fourth-order valence-electron chi connectivity index (χ4n) is 3.01. The van der Waals surface area contributed by atoms with Crippen molar-refractivity contribution in [2.45, 2.75) is 39.0 Å². The van der Waals surface area contributed by atoms with E-state index in [1.807, 2.05) is 0 Å². The fraction of sp³-hybridized carbons (Fsp3) is 0.611. The van der Waals surface area contributed by atoms with E-state index < -0.39 is 17.8 Å². The summed E-state index contributed by atoms with van der Waals surface area (Å²) in [6, 6.07) is 4.97. The number of piperidine rings is 1. The summed E-state index contributed by atoms with van der Waals surface area (Å²) in [6.07, 6.45) is -3.67. The Morgan fingerprint density at radius 2 is 1.92 bits per heavy atom. The number of hydrogen-bond acceptors (Lipinski definition) is 3. The zero-order chi connectivity index (χ0) is 18.4. The predicted molar refractivity (Wildman–Crippen MR) is 96.6 cm³/mol. The summed E-state index contributed by atoms with van der Waals surface area (Å²) in [5, 5.41) is 3.30. The molecule has 1 saturated heterocycles. The van der Waals surface area contributed by atoms with E-state index in [2.05, 4.69) is 12.2 Å². The summed E-state index contributed by atoms with van der Waals surface area (Å²) in [6.45, 7) is 6.63. The number of benzene rings is 1. The van der Waals surface area contributed by atoms with Gasteiger partial charge in [0.2, 0.25) is 0 Å². The molecule has 0 radical (unpaired) electrons. The van der Waals surface area contributed by atoms with Gasteiger partial charge in [-0.15, -0.1) is 12.4 Å². The maximum Gasteiger partial charge on any atom is 0.419 e. The maximum atomic E-state index is 13.0. The molecule has 26 heavy (non-hydrogen) atoms. The van der Waals surface area contributed by atoms with Crippen LogP contribution >= 0.6 is 12.4 Å². The Labute approximate surface area is 158 Å². The second kappa shape index (κ2) is 10.0. The van der Waals surface area contributed by atoms with Gasteiger partial charge in [-0.25, -0.2) is 0 Å². The first-order chi connectivity index (χ1) is 11.8. The van der Waals surface area contributed by atoms with Gasteiger partial charge < -0.3 is 15.0 Å². The van der Waals surface area contributed by atoms with E-state index in [-0.39, 0.29) is 24.1 Å². The smallest absolute Gasteiger partial charge is 0.419 e. The van der Waals surface area contributed by atoms with Crippen LogP contribution < -0.4 is 10.1 Å². The Morgan fingerprint density at radius 3 is 2.50 bits per heavy atom. The highest BCUT2D eigenvalue weighted by atomic mass is 35.5. The molecule has 0 spiro atoms. The van der Waals surface area contributed by atoms with Crippen LogP contribution in [0.4, 0.5) is 13.2 Å². The monoisotopic (exact) mass is 394 g/mol. The van der Waals surface area contributed by atoms with E-state index >= 15 is 0 Å². The highest BCUT2D eigenvalue weighted by molar-refractivity contribution is 5.85. The molecular weight excluding hydrogens is 369 g/mol. The van der Waals surface area contributed by atoms with Crippen LogP contribution in [0, 0.1) is 5.92 Å². The summed E-state index contributed by atoms with van der Waals surface area (Å²) < 4.78 is 44.4. The molecule has 1 unspecified atom stereocenters. The van der Waals surface area contributed by atoms with Crippen molar-refractivity contribution < 1.29 is 22.7 Å². The normalized spacial score (nSPS) is 16.7. The minimum atomic E-state index is -4.51. The van der Waals surface area contributed by atoms with Crippen LogP contribution in [0.3, 0.4) is 0 Å². The summed E-state index contributed by atoms with van der Waals surface area (Å²) in [7, 11) is 0.